The van der Waals surface area contributed by atoms with E-state index in [1.54, 1.807) is 12.1 Å². The van der Waals surface area contributed by atoms with Crippen LogP contribution in [-0.2, 0) is 0 Å². The van der Waals surface area contributed by atoms with E-state index in [1.165, 1.54) is 4.68 Å². The van der Waals surface area contributed by atoms with Gasteiger partial charge in [-0.15, -0.1) is 0 Å². The molecular weight excluding hydrogens is 321 g/mol. The molecule has 1 aromatic heterocycles. The Morgan fingerprint density at radius 2 is 1.82 bits per heavy atom. The maximum absolute atomic E-state index is 6.23. The number of anilines is 1. The van der Waals surface area contributed by atoms with Gasteiger partial charge in [-0.2, -0.15) is 4.68 Å². The summed E-state index contributed by atoms with van der Waals surface area (Å²) in [5.74, 6) is 0.500. The van der Waals surface area contributed by atoms with Crippen LogP contribution >= 0.6 is 23.2 Å². The molecule has 112 valence electrons. The minimum absolute atomic E-state index is 0.0453. The Hall–Kier alpha value is -2.11. The van der Waals surface area contributed by atoms with Gasteiger partial charge in [-0.3, -0.25) is 0 Å². The standard InChI is InChI=1S/C15H13Cl2N5/c1-10(11-6-3-2-4-7-11)18-15-19-20-21-22(15)13-9-5-8-12(16)14(13)17/h2-10H,1H3,(H,18,19,21). The maximum atomic E-state index is 6.23. The molecule has 0 amide bonds. The number of benzene rings is 2. The third kappa shape index (κ3) is 2.91. The number of hydrogen-bond acceptors (Lipinski definition) is 4. The van der Waals surface area contributed by atoms with Crippen LogP contribution in [0.2, 0.25) is 10.0 Å². The molecule has 7 heteroatoms. The van der Waals surface area contributed by atoms with Crippen molar-refractivity contribution in [1.82, 2.24) is 20.2 Å². The van der Waals surface area contributed by atoms with Gasteiger partial charge in [0.05, 0.1) is 21.8 Å². The molecule has 0 aliphatic rings. The largest absolute Gasteiger partial charge is 0.346 e. The van der Waals surface area contributed by atoms with Gasteiger partial charge in [0.1, 0.15) is 0 Å². The first-order chi connectivity index (χ1) is 10.7. The summed E-state index contributed by atoms with van der Waals surface area (Å²) >= 11 is 12.3. The number of aromatic nitrogens is 4. The molecule has 0 saturated heterocycles. The Kier molecular flexibility index (Phi) is 4.27. The van der Waals surface area contributed by atoms with E-state index in [0.29, 0.717) is 21.7 Å². The van der Waals surface area contributed by atoms with Gasteiger partial charge in [0.25, 0.3) is 0 Å². The van der Waals surface area contributed by atoms with Crippen LogP contribution in [0.15, 0.2) is 48.5 Å². The Morgan fingerprint density at radius 3 is 2.59 bits per heavy atom. The summed E-state index contributed by atoms with van der Waals surface area (Å²) in [6.45, 7) is 2.04. The molecule has 2 aromatic carbocycles. The first-order valence-electron chi connectivity index (χ1n) is 6.71. The molecule has 3 rings (SSSR count). The molecule has 0 aliphatic heterocycles. The van der Waals surface area contributed by atoms with Gasteiger partial charge in [-0.1, -0.05) is 64.7 Å². The van der Waals surface area contributed by atoms with Crippen LogP contribution < -0.4 is 5.32 Å². The van der Waals surface area contributed by atoms with Crippen molar-refractivity contribution in [3.8, 4) is 5.69 Å². The molecule has 22 heavy (non-hydrogen) atoms. The highest BCUT2D eigenvalue weighted by atomic mass is 35.5. The van der Waals surface area contributed by atoms with E-state index in [-0.39, 0.29) is 6.04 Å². The van der Waals surface area contributed by atoms with E-state index in [2.05, 4.69) is 20.8 Å². The molecule has 0 spiro atoms. The van der Waals surface area contributed by atoms with E-state index in [4.69, 9.17) is 23.2 Å². The van der Waals surface area contributed by atoms with Gasteiger partial charge in [0.15, 0.2) is 0 Å². The molecule has 1 N–H and O–H groups in total. The van der Waals surface area contributed by atoms with Gasteiger partial charge in [0, 0.05) is 0 Å². The summed E-state index contributed by atoms with van der Waals surface area (Å²) in [6.07, 6.45) is 0. The monoisotopic (exact) mass is 333 g/mol. The van der Waals surface area contributed by atoms with E-state index in [0.717, 1.165) is 5.56 Å². The lowest BCUT2D eigenvalue weighted by Crippen LogP contribution is -2.12. The molecule has 0 radical (unpaired) electrons. The summed E-state index contributed by atoms with van der Waals surface area (Å²) in [4.78, 5) is 0. The van der Waals surface area contributed by atoms with Crippen molar-refractivity contribution in [2.75, 3.05) is 5.32 Å². The number of hydrogen-bond donors (Lipinski definition) is 1. The molecule has 1 atom stereocenters. The van der Waals surface area contributed by atoms with E-state index < -0.39 is 0 Å². The lowest BCUT2D eigenvalue weighted by atomic mass is 10.1. The Morgan fingerprint density at radius 1 is 1.05 bits per heavy atom. The first-order valence-corrected chi connectivity index (χ1v) is 7.46. The lowest BCUT2D eigenvalue weighted by Gasteiger charge is -2.15. The quantitative estimate of drug-likeness (QED) is 0.779. The minimum Gasteiger partial charge on any atom is -0.346 e. The fourth-order valence-corrected chi connectivity index (χ4v) is 2.49. The summed E-state index contributed by atoms with van der Waals surface area (Å²) in [5, 5.41) is 15.9. The number of nitrogens with zero attached hydrogens (tertiary/aromatic N) is 4. The Balaban J connectivity index is 1.91. The van der Waals surface area contributed by atoms with Gasteiger partial charge < -0.3 is 5.32 Å². The predicted molar refractivity (Wildman–Crippen MR) is 87.7 cm³/mol. The van der Waals surface area contributed by atoms with Crippen molar-refractivity contribution >= 4 is 29.2 Å². The molecule has 5 nitrogen and oxygen atoms in total. The zero-order valence-electron chi connectivity index (χ0n) is 11.7. The van der Waals surface area contributed by atoms with Crippen molar-refractivity contribution in [3.63, 3.8) is 0 Å². The highest BCUT2D eigenvalue weighted by Crippen LogP contribution is 2.29. The average Bonchev–Trinajstić information content (AvgIpc) is 2.99. The fraction of sp³-hybridized carbons (Fsp3) is 0.133. The number of halogens is 2. The van der Waals surface area contributed by atoms with E-state index in [1.807, 2.05) is 43.3 Å². The van der Waals surface area contributed by atoms with Crippen molar-refractivity contribution in [1.29, 1.82) is 0 Å². The van der Waals surface area contributed by atoms with Gasteiger partial charge in [0.2, 0.25) is 5.95 Å². The maximum Gasteiger partial charge on any atom is 0.248 e. The molecule has 0 saturated carbocycles. The molecule has 0 fully saturated rings. The van der Waals surface area contributed by atoms with Crippen LogP contribution in [0.25, 0.3) is 5.69 Å². The molecular formula is C15H13Cl2N5. The zero-order valence-corrected chi connectivity index (χ0v) is 13.3. The second-order valence-corrected chi connectivity index (χ2v) is 5.55. The van der Waals surface area contributed by atoms with Crippen LogP contribution in [-0.4, -0.2) is 20.2 Å². The zero-order chi connectivity index (χ0) is 15.5. The SMILES string of the molecule is CC(Nc1nnnn1-c1cccc(Cl)c1Cl)c1ccccc1. The molecule has 0 bridgehead atoms. The number of nitrogens with one attached hydrogen (secondary N) is 1. The van der Waals surface area contributed by atoms with Crippen LogP contribution in [0.5, 0.6) is 0 Å². The number of tetrazole rings is 1. The number of rotatable bonds is 4. The minimum atomic E-state index is 0.0453. The van der Waals surface area contributed by atoms with Crippen LogP contribution in [0.1, 0.15) is 18.5 Å². The second-order valence-electron chi connectivity index (χ2n) is 4.76. The van der Waals surface area contributed by atoms with Gasteiger partial charge in [-0.05, 0) is 35.0 Å². The first kappa shape index (κ1) is 14.8. The molecule has 0 aliphatic carbocycles. The van der Waals surface area contributed by atoms with E-state index >= 15 is 0 Å². The Bertz CT molecular complexity index is 773. The van der Waals surface area contributed by atoms with Gasteiger partial charge in [-0.25, -0.2) is 0 Å². The van der Waals surface area contributed by atoms with Crippen molar-refractivity contribution in [3.05, 3.63) is 64.1 Å². The lowest BCUT2D eigenvalue weighted by molar-refractivity contribution is 0.781. The highest BCUT2D eigenvalue weighted by Gasteiger charge is 2.15. The van der Waals surface area contributed by atoms with Crippen molar-refractivity contribution in [2.24, 2.45) is 0 Å². The highest BCUT2D eigenvalue weighted by molar-refractivity contribution is 6.43. The topological polar surface area (TPSA) is 55.6 Å². The van der Waals surface area contributed by atoms with E-state index in [9.17, 15) is 0 Å². The average molecular weight is 334 g/mol. The normalized spacial score (nSPS) is 12.1. The Labute approximate surface area is 137 Å². The smallest absolute Gasteiger partial charge is 0.248 e. The summed E-state index contributed by atoms with van der Waals surface area (Å²) in [6, 6.07) is 15.4. The van der Waals surface area contributed by atoms with Crippen molar-refractivity contribution in [2.45, 2.75) is 13.0 Å². The summed E-state index contributed by atoms with van der Waals surface area (Å²) in [7, 11) is 0. The third-order valence-corrected chi connectivity index (χ3v) is 4.08. The van der Waals surface area contributed by atoms with Crippen LogP contribution in [0.4, 0.5) is 5.95 Å². The predicted octanol–water partition coefficient (Wildman–Crippen LogP) is 4.14. The van der Waals surface area contributed by atoms with Crippen LogP contribution in [0, 0.1) is 0 Å². The molecule has 1 heterocycles. The molecule has 1 unspecified atom stereocenters. The van der Waals surface area contributed by atoms with Gasteiger partial charge >= 0.3 is 0 Å². The van der Waals surface area contributed by atoms with Crippen LogP contribution in [0.3, 0.4) is 0 Å². The molecule has 3 aromatic rings. The summed E-state index contributed by atoms with van der Waals surface area (Å²) in [5.41, 5.74) is 1.76. The second kappa shape index (κ2) is 6.34. The van der Waals surface area contributed by atoms with Crippen molar-refractivity contribution < 1.29 is 0 Å². The fourth-order valence-electron chi connectivity index (χ4n) is 2.11. The summed E-state index contributed by atoms with van der Waals surface area (Å²) < 4.78 is 1.54. The third-order valence-electron chi connectivity index (χ3n) is 3.27.